The molecule has 2 heteroatoms. The van der Waals surface area contributed by atoms with E-state index in [1.54, 1.807) is 0 Å². The zero-order chi connectivity index (χ0) is 14.4. The Morgan fingerprint density at radius 2 is 1.90 bits per heavy atom. The van der Waals surface area contributed by atoms with Crippen molar-refractivity contribution in [2.45, 2.75) is 58.0 Å². The molecule has 1 aromatic rings. The zero-order valence-corrected chi connectivity index (χ0v) is 13.4. The number of rotatable bonds is 5. The SMILES string of the molecule is CCC(C)(CC)N1CCCNC(Cc2ccccc2)C1. The lowest BCUT2D eigenvalue weighted by Crippen LogP contribution is -2.50. The van der Waals surface area contributed by atoms with Crippen LogP contribution in [0.5, 0.6) is 0 Å². The Balaban J connectivity index is 2.03. The quantitative estimate of drug-likeness (QED) is 0.884. The Bertz CT molecular complexity index is 384. The van der Waals surface area contributed by atoms with Gasteiger partial charge in [0.15, 0.2) is 0 Å². The fourth-order valence-corrected chi connectivity index (χ4v) is 3.22. The minimum atomic E-state index is 0.362. The minimum absolute atomic E-state index is 0.362. The zero-order valence-electron chi connectivity index (χ0n) is 13.4. The van der Waals surface area contributed by atoms with Crippen molar-refractivity contribution in [1.82, 2.24) is 10.2 Å². The van der Waals surface area contributed by atoms with Gasteiger partial charge in [-0.3, -0.25) is 4.90 Å². The lowest BCUT2D eigenvalue weighted by Gasteiger charge is -2.41. The molecule has 0 radical (unpaired) electrons. The summed E-state index contributed by atoms with van der Waals surface area (Å²) in [4.78, 5) is 2.72. The molecule has 0 aromatic heterocycles. The normalized spacial score (nSPS) is 21.6. The highest BCUT2D eigenvalue weighted by Crippen LogP contribution is 2.25. The lowest BCUT2D eigenvalue weighted by atomic mass is 9.92. The minimum Gasteiger partial charge on any atom is -0.312 e. The summed E-state index contributed by atoms with van der Waals surface area (Å²) in [7, 11) is 0. The molecule has 1 saturated heterocycles. The van der Waals surface area contributed by atoms with Crippen LogP contribution in [-0.4, -0.2) is 36.1 Å². The highest BCUT2D eigenvalue weighted by Gasteiger charge is 2.30. The van der Waals surface area contributed by atoms with Gasteiger partial charge >= 0.3 is 0 Å². The lowest BCUT2D eigenvalue weighted by molar-refractivity contribution is 0.0925. The standard InChI is InChI=1S/C18H30N2/c1-4-18(3,5-2)20-13-9-12-19-17(15-20)14-16-10-7-6-8-11-16/h6-8,10-11,17,19H,4-5,9,12-15H2,1-3H3. The first-order chi connectivity index (χ1) is 9.68. The van der Waals surface area contributed by atoms with E-state index in [-0.39, 0.29) is 0 Å². The summed E-state index contributed by atoms with van der Waals surface area (Å²) < 4.78 is 0. The van der Waals surface area contributed by atoms with E-state index < -0.39 is 0 Å². The van der Waals surface area contributed by atoms with Crippen LogP contribution < -0.4 is 5.32 Å². The Hall–Kier alpha value is -0.860. The fourth-order valence-electron chi connectivity index (χ4n) is 3.22. The first kappa shape index (κ1) is 15.5. The molecule has 0 spiro atoms. The second-order valence-electron chi connectivity index (χ2n) is 6.34. The van der Waals surface area contributed by atoms with Gasteiger partial charge in [-0.25, -0.2) is 0 Å². The predicted octanol–water partition coefficient (Wildman–Crippen LogP) is 3.47. The molecule has 1 heterocycles. The van der Waals surface area contributed by atoms with Crippen LogP contribution in [0.15, 0.2) is 30.3 Å². The fraction of sp³-hybridized carbons (Fsp3) is 0.667. The molecule has 1 atom stereocenters. The average molecular weight is 274 g/mol. The monoisotopic (exact) mass is 274 g/mol. The van der Waals surface area contributed by atoms with Crippen molar-refractivity contribution in [2.24, 2.45) is 0 Å². The van der Waals surface area contributed by atoms with Gasteiger partial charge in [0, 0.05) is 18.1 Å². The Labute approximate surface area is 124 Å². The Morgan fingerprint density at radius 3 is 2.55 bits per heavy atom. The van der Waals surface area contributed by atoms with E-state index >= 15 is 0 Å². The molecule has 0 bridgehead atoms. The summed E-state index contributed by atoms with van der Waals surface area (Å²) in [5, 5.41) is 3.74. The van der Waals surface area contributed by atoms with Crippen LogP contribution in [0.25, 0.3) is 0 Å². The highest BCUT2D eigenvalue weighted by atomic mass is 15.2. The molecule has 1 aliphatic heterocycles. The van der Waals surface area contributed by atoms with E-state index in [4.69, 9.17) is 0 Å². The molecular formula is C18H30N2. The third-order valence-corrected chi connectivity index (χ3v) is 5.09. The van der Waals surface area contributed by atoms with Gasteiger partial charge in [-0.2, -0.15) is 0 Å². The molecule has 2 nitrogen and oxygen atoms in total. The highest BCUT2D eigenvalue weighted by molar-refractivity contribution is 5.16. The van der Waals surface area contributed by atoms with E-state index in [0.29, 0.717) is 11.6 Å². The maximum atomic E-state index is 3.74. The van der Waals surface area contributed by atoms with Crippen molar-refractivity contribution >= 4 is 0 Å². The summed E-state index contributed by atoms with van der Waals surface area (Å²) >= 11 is 0. The van der Waals surface area contributed by atoms with Crippen LogP contribution in [0.1, 0.15) is 45.6 Å². The Morgan fingerprint density at radius 1 is 1.20 bits per heavy atom. The van der Waals surface area contributed by atoms with Gasteiger partial charge in [0.1, 0.15) is 0 Å². The second-order valence-corrected chi connectivity index (χ2v) is 6.34. The first-order valence-corrected chi connectivity index (χ1v) is 8.20. The van der Waals surface area contributed by atoms with Crippen LogP contribution >= 0.6 is 0 Å². The summed E-state index contributed by atoms with van der Waals surface area (Å²) in [6.07, 6.45) is 4.88. The maximum absolute atomic E-state index is 3.74. The van der Waals surface area contributed by atoms with Crippen LogP contribution in [0, 0.1) is 0 Å². The molecule has 0 amide bonds. The van der Waals surface area contributed by atoms with Gasteiger partial charge in [0.05, 0.1) is 0 Å². The van der Waals surface area contributed by atoms with Crippen molar-refractivity contribution in [3.63, 3.8) is 0 Å². The molecule has 112 valence electrons. The number of nitrogens with one attached hydrogen (secondary N) is 1. The second kappa shape index (κ2) is 7.24. The predicted molar refractivity (Wildman–Crippen MR) is 87.1 cm³/mol. The van der Waals surface area contributed by atoms with Crippen molar-refractivity contribution in [1.29, 1.82) is 0 Å². The third-order valence-electron chi connectivity index (χ3n) is 5.09. The van der Waals surface area contributed by atoms with E-state index in [0.717, 1.165) is 13.0 Å². The van der Waals surface area contributed by atoms with Gasteiger partial charge in [-0.15, -0.1) is 0 Å². The first-order valence-electron chi connectivity index (χ1n) is 8.20. The molecule has 20 heavy (non-hydrogen) atoms. The Kier molecular flexibility index (Phi) is 5.62. The summed E-state index contributed by atoms with van der Waals surface area (Å²) in [6, 6.07) is 11.5. The van der Waals surface area contributed by atoms with Crippen LogP contribution in [0.2, 0.25) is 0 Å². The van der Waals surface area contributed by atoms with Crippen LogP contribution in [0.4, 0.5) is 0 Å². The largest absolute Gasteiger partial charge is 0.312 e. The van der Waals surface area contributed by atoms with Gasteiger partial charge in [-0.1, -0.05) is 44.2 Å². The molecule has 2 rings (SSSR count). The van der Waals surface area contributed by atoms with Crippen molar-refractivity contribution < 1.29 is 0 Å². The van der Waals surface area contributed by atoms with Gasteiger partial charge in [0.25, 0.3) is 0 Å². The summed E-state index contributed by atoms with van der Waals surface area (Å²) in [6.45, 7) is 10.6. The van der Waals surface area contributed by atoms with E-state index in [9.17, 15) is 0 Å². The van der Waals surface area contributed by atoms with Gasteiger partial charge in [0.2, 0.25) is 0 Å². The molecule has 0 aliphatic carbocycles. The van der Waals surface area contributed by atoms with E-state index in [1.807, 2.05) is 0 Å². The van der Waals surface area contributed by atoms with E-state index in [1.165, 1.54) is 37.9 Å². The van der Waals surface area contributed by atoms with E-state index in [2.05, 4.69) is 61.3 Å². The number of hydrogen-bond acceptors (Lipinski definition) is 2. The summed E-state index contributed by atoms with van der Waals surface area (Å²) in [5.41, 5.74) is 1.81. The molecule has 0 saturated carbocycles. The topological polar surface area (TPSA) is 15.3 Å². The summed E-state index contributed by atoms with van der Waals surface area (Å²) in [5.74, 6) is 0. The van der Waals surface area contributed by atoms with Gasteiger partial charge in [-0.05, 0) is 51.3 Å². The van der Waals surface area contributed by atoms with Crippen LogP contribution in [-0.2, 0) is 6.42 Å². The number of hydrogen-bond donors (Lipinski definition) is 1. The average Bonchev–Trinajstić information content (AvgIpc) is 2.73. The van der Waals surface area contributed by atoms with Crippen LogP contribution in [0.3, 0.4) is 0 Å². The molecule has 1 unspecified atom stereocenters. The van der Waals surface area contributed by atoms with Crippen molar-refractivity contribution in [2.75, 3.05) is 19.6 Å². The number of nitrogens with zero attached hydrogens (tertiary/aromatic N) is 1. The molecule has 1 aliphatic rings. The van der Waals surface area contributed by atoms with Crippen molar-refractivity contribution in [3.05, 3.63) is 35.9 Å². The molecule has 1 aromatic carbocycles. The third kappa shape index (κ3) is 3.83. The molecule has 1 fully saturated rings. The molecular weight excluding hydrogens is 244 g/mol. The smallest absolute Gasteiger partial charge is 0.0235 e. The maximum Gasteiger partial charge on any atom is 0.0235 e. The van der Waals surface area contributed by atoms with Gasteiger partial charge < -0.3 is 5.32 Å². The number of benzene rings is 1. The van der Waals surface area contributed by atoms with Crippen molar-refractivity contribution in [3.8, 4) is 0 Å². The molecule has 1 N–H and O–H groups in total.